The van der Waals surface area contributed by atoms with Crippen molar-refractivity contribution in [3.63, 3.8) is 0 Å². The number of aromatic nitrogens is 7. The molecule has 146 heavy (non-hydrogen) atoms. The number of hydrogen-bond acceptors (Lipinski definition) is 4. The number of benzene rings is 21. The second kappa shape index (κ2) is 29.5. The molecule has 0 N–H and O–H groups in total. The summed E-state index contributed by atoms with van der Waals surface area (Å²) in [6.45, 7) is 0. The van der Waals surface area contributed by atoms with Gasteiger partial charge in [-0.1, -0.05) is 370 Å². The predicted molar refractivity (Wildman–Crippen MR) is 597 cm³/mol. The third-order valence-corrected chi connectivity index (χ3v) is 33.6. The summed E-state index contributed by atoms with van der Waals surface area (Å²) < 4.78 is 7.62. The van der Waals surface area contributed by atoms with Gasteiger partial charge in [0.25, 0.3) is 0 Å². The number of para-hydroxylation sites is 9. The van der Waals surface area contributed by atoms with Crippen LogP contribution in [0.4, 0.5) is 0 Å². The Hall–Kier alpha value is -19.1. The van der Waals surface area contributed by atoms with Gasteiger partial charge in [0.2, 0.25) is 0 Å². The maximum absolute atomic E-state index is 5.31. The van der Waals surface area contributed by atoms with Crippen molar-refractivity contribution < 1.29 is 0 Å². The molecule has 21 aromatic carbocycles. The van der Waals surface area contributed by atoms with Crippen LogP contribution in [0.1, 0.15) is 66.8 Å². The first-order chi connectivity index (χ1) is 72.4. The molecule has 3 spiro atoms. The lowest BCUT2D eigenvalue weighted by atomic mass is 9.65. The smallest absolute Gasteiger partial charge is 0.0894 e. The Bertz CT molecular complexity index is 10500. The molecule has 7 heteroatoms. The first kappa shape index (κ1) is 79.7. The van der Waals surface area contributed by atoms with Gasteiger partial charge in [0.15, 0.2) is 0 Å². The molecular formula is C139H81N7. The van der Waals surface area contributed by atoms with Crippen molar-refractivity contribution in [1.29, 1.82) is 0 Å². The van der Waals surface area contributed by atoms with Crippen LogP contribution in [-0.4, -0.2) is 33.6 Å². The monoisotopic (exact) mass is 1850 g/mol. The molecule has 6 aromatic heterocycles. The van der Waals surface area contributed by atoms with Crippen LogP contribution in [0.25, 0.3) is 238 Å². The van der Waals surface area contributed by atoms with Crippen LogP contribution in [0.5, 0.6) is 0 Å². The minimum atomic E-state index is -0.653. The fraction of sp³-hybridized carbons (Fsp3) is 0.0216. The van der Waals surface area contributed by atoms with E-state index in [2.05, 4.69) is 469 Å². The first-order valence-electron chi connectivity index (χ1n) is 50.6. The van der Waals surface area contributed by atoms with E-state index < -0.39 is 16.2 Å². The summed E-state index contributed by atoms with van der Waals surface area (Å²) in [6.07, 6.45) is 5.90. The molecule has 3 atom stereocenters. The van der Waals surface area contributed by atoms with E-state index in [1.807, 2.05) is 36.7 Å². The van der Waals surface area contributed by atoms with E-state index in [0.29, 0.717) is 0 Å². The van der Waals surface area contributed by atoms with E-state index >= 15 is 0 Å². The summed E-state index contributed by atoms with van der Waals surface area (Å²) in [4.78, 5) is 20.4. The highest BCUT2D eigenvalue weighted by molar-refractivity contribution is 6.18. The molecule has 0 bridgehead atoms. The topological polar surface area (TPSA) is 66.3 Å². The van der Waals surface area contributed by atoms with Crippen molar-refractivity contribution in [3.05, 3.63) is 559 Å². The van der Waals surface area contributed by atoms with Crippen LogP contribution in [0.2, 0.25) is 0 Å². The van der Waals surface area contributed by atoms with Crippen molar-refractivity contribution in [1.82, 2.24) is 33.6 Å². The van der Waals surface area contributed by atoms with Gasteiger partial charge < -0.3 is 13.7 Å². The molecule has 0 radical (unpaired) electrons. The van der Waals surface area contributed by atoms with Crippen LogP contribution in [0.3, 0.4) is 0 Å². The van der Waals surface area contributed by atoms with Crippen molar-refractivity contribution in [2.75, 3.05) is 0 Å². The van der Waals surface area contributed by atoms with Crippen LogP contribution < -0.4 is 0 Å². The fourth-order valence-corrected chi connectivity index (χ4v) is 27.7. The molecule has 33 rings (SSSR count). The van der Waals surface area contributed by atoms with E-state index in [4.69, 9.17) is 19.9 Å². The van der Waals surface area contributed by atoms with Gasteiger partial charge in [0.1, 0.15) is 0 Å². The molecule has 9 heterocycles. The number of fused-ring (bicyclic) bond motifs is 38. The lowest BCUT2D eigenvalue weighted by molar-refractivity contribution is 0.748. The van der Waals surface area contributed by atoms with Gasteiger partial charge in [0, 0.05) is 72.4 Å². The molecule has 0 amide bonds. The Labute approximate surface area is 840 Å². The molecule has 7 nitrogen and oxygen atoms in total. The van der Waals surface area contributed by atoms with Crippen molar-refractivity contribution >= 4 is 87.4 Å². The standard InChI is InChI=1S/C139H81N7/c1-2-30-95(94(29-1)82-54-56-83(57-55-82)97-66-65-96(103-38-24-72-140-133(97)103)89-63-71-129-110(78-89)106-37-22-46-120-135(106)146(129)131-52-17-11-43-117(131)138(120)113-41-9-5-33-100(113)108-76-87(60-68-115(108)138)85-26-20-28-92(74-85)126-81-142-124-48-13-14-49-125(124)143-126)90-58-64-101-98-31-3-7-39-111(98)139(122(101)79-90)118-44-12-18-53-132(118)145-128-70-62-88(77-109(128)105-36-23-47-121(139)136(105)145)93-61-69-123(141-80-93)91-27-19-25-84(73-91)86-59-67-114-107(75-86)99-32-4-8-40-112(99)137(114)116-42-10-16-51-130(116)144-127-50-15-6-34-102(127)104-35-21-45-119(137)134(104)144/h1-81H. The summed E-state index contributed by atoms with van der Waals surface area (Å²) in [5.74, 6) is 0. The van der Waals surface area contributed by atoms with Gasteiger partial charge in [-0.2, -0.15) is 0 Å². The Morgan fingerprint density at radius 1 is 0.164 bits per heavy atom. The molecule has 0 fully saturated rings. The highest BCUT2D eigenvalue weighted by atomic mass is 15.0. The van der Waals surface area contributed by atoms with E-state index in [1.165, 1.54) is 205 Å². The summed E-state index contributed by atoms with van der Waals surface area (Å²) in [7, 11) is 0. The highest BCUT2D eigenvalue weighted by Gasteiger charge is 2.55. The van der Waals surface area contributed by atoms with Gasteiger partial charge in [-0.3, -0.25) is 15.0 Å². The minimum absolute atomic E-state index is 0.507. The lowest BCUT2D eigenvalue weighted by Gasteiger charge is -2.39. The number of nitrogens with zero attached hydrogens (tertiary/aromatic N) is 7. The quantitative estimate of drug-likeness (QED) is 0.144. The Morgan fingerprint density at radius 2 is 0.534 bits per heavy atom. The molecule has 0 saturated heterocycles. The van der Waals surface area contributed by atoms with E-state index in [9.17, 15) is 0 Å². The molecule has 6 aliphatic rings. The van der Waals surface area contributed by atoms with Gasteiger partial charge in [-0.15, -0.1) is 0 Å². The molecule has 3 unspecified atom stereocenters. The first-order valence-corrected chi connectivity index (χ1v) is 50.6. The number of rotatable bonds is 9. The normalized spacial score (nSPS) is 15.8. The van der Waals surface area contributed by atoms with Crippen molar-refractivity contribution in [2.45, 2.75) is 16.2 Å². The van der Waals surface area contributed by atoms with E-state index in [0.717, 1.165) is 100 Å². The Balaban J connectivity index is 0.439. The second-order valence-corrected chi connectivity index (χ2v) is 40.3. The van der Waals surface area contributed by atoms with E-state index in [1.54, 1.807) is 0 Å². The number of hydrogen-bond donors (Lipinski definition) is 0. The minimum Gasteiger partial charge on any atom is -0.309 e. The molecule has 3 aliphatic heterocycles. The summed E-state index contributed by atoms with van der Waals surface area (Å²) >= 11 is 0. The SMILES string of the molecule is c1cc(-c2ccc3c(c2)-c2ccccc2C32c3ccccc3-n3c4ccccc4c4cccc2c43)cc(-c2ccc(-c3ccc4c(c3)c3cccc5c3n4-c3ccccc3C53c4ccccc4-c4ccc(-c5ccccc5-c5ccc(-c6ccc(-c7ccc8c(c7)c7cccc9c7n8-c7ccccc7C97c8ccccc8-c8cc(-c9cccc(-c%10cnc%11ccccc%11n%10)c9)ccc87)c7cccnc67)cc5)cc43)cn2)c1. The highest BCUT2D eigenvalue weighted by Crippen LogP contribution is 2.67. The van der Waals surface area contributed by atoms with E-state index in [-0.39, 0.29) is 0 Å². The van der Waals surface area contributed by atoms with Crippen LogP contribution >= 0.6 is 0 Å². The van der Waals surface area contributed by atoms with Gasteiger partial charge >= 0.3 is 0 Å². The zero-order valence-corrected chi connectivity index (χ0v) is 78.9. The number of pyridine rings is 2. The zero-order valence-electron chi connectivity index (χ0n) is 78.9. The van der Waals surface area contributed by atoms with Crippen molar-refractivity contribution in [3.8, 4) is 151 Å². The Morgan fingerprint density at radius 3 is 1.12 bits per heavy atom. The second-order valence-electron chi connectivity index (χ2n) is 40.3. The third-order valence-electron chi connectivity index (χ3n) is 33.6. The summed E-state index contributed by atoms with van der Waals surface area (Å²) in [6, 6.07) is 178. The van der Waals surface area contributed by atoms with Crippen molar-refractivity contribution in [2.24, 2.45) is 0 Å². The van der Waals surface area contributed by atoms with Crippen LogP contribution in [0.15, 0.2) is 492 Å². The molecule has 27 aromatic rings. The summed E-state index contributed by atoms with van der Waals surface area (Å²) in [5, 5.41) is 8.53. The molecule has 672 valence electrons. The predicted octanol–water partition coefficient (Wildman–Crippen LogP) is 33.9. The fourth-order valence-electron chi connectivity index (χ4n) is 27.7. The van der Waals surface area contributed by atoms with Crippen LogP contribution in [0, 0.1) is 0 Å². The third kappa shape index (κ3) is 10.5. The largest absolute Gasteiger partial charge is 0.309 e. The maximum atomic E-state index is 5.31. The average Bonchev–Trinajstić information content (AvgIpc) is 1.34. The van der Waals surface area contributed by atoms with Gasteiger partial charge in [-0.25, -0.2) is 4.98 Å². The molecule has 0 saturated carbocycles. The van der Waals surface area contributed by atoms with Gasteiger partial charge in [0.05, 0.1) is 101 Å². The summed E-state index contributed by atoms with van der Waals surface area (Å²) in [5.41, 5.74) is 54.9. The molecule has 3 aliphatic carbocycles. The zero-order chi connectivity index (χ0) is 95.1. The maximum Gasteiger partial charge on any atom is 0.0894 e. The molecular weight excluding hydrogens is 1770 g/mol. The lowest BCUT2D eigenvalue weighted by Crippen LogP contribution is -2.33. The Kier molecular flexibility index (Phi) is 16.1. The van der Waals surface area contributed by atoms with Gasteiger partial charge in [-0.05, 0) is 270 Å². The average molecular weight is 1850 g/mol. The van der Waals surface area contributed by atoms with Crippen LogP contribution in [-0.2, 0) is 16.2 Å².